The van der Waals surface area contributed by atoms with Gasteiger partial charge in [0, 0.05) is 12.8 Å². The molecule has 0 heterocycles. The molecule has 0 saturated carbocycles. The Morgan fingerprint density at radius 3 is 1.22 bits per heavy atom. The zero-order chi connectivity index (χ0) is 53.4. The van der Waals surface area contributed by atoms with E-state index in [4.69, 9.17) is 18.9 Å². The van der Waals surface area contributed by atoms with Gasteiger partial charge < -0.3 is 28.5 Å². The number of likely N-dealkylation sites (N-methyl/N-ethyl adjacent to an activating group) is 1. The van der Waals surface area contributed by atoms with Crippen molar-refractivity contribution in [2.75, 3.05) is 47.5 Å². The summed E-state index contributed by atoms with van der Waals surface area (Å²) in [6.45, 7) is 4.66. The summed E-state index contributed by atoms with van der Waals surface area (Å²) in [5, 5.41) is 9.69. The maximum atomic E-state index is 12.8. The Kier molecular flexibility index (Phi) is 51.2. The fraction of sp³-hybridized carbons (Fsp3) is 0.672. The third kappa shape index (κ3) is 55.5. The van der Waals surface area contributed by atoms with Crippen LogP contribution in [0.5, 0.6) is 0 Å². The lowest BCUT2D eigenvalue weighted by Gasteiger charge is -2.25. The number of unbranched alkanes of at least 4 members (excludes halogenated alkanes) is 19. The predicted molar refractivity (Wildman–Crippen MR) is 308 cm³/mol. The lowest BCUT2D eigenvalue weighted by molar-refractivity contribution is -0.870. The quantitative estimate of drug-likeness (QED) is 0.0211. The standard InChI is InChI=1S/C64H107NO8/c1-6-8-10-12-14-16-18-20-22-24-26-27-28-29-30-31-32-33-34-35-37-38-40-42-44-46-48-50-52-54-61(66)71-58-60(59-72-64(63(68)69)70-57-56-65(3,4)5)73-62(67)55-53-51-49-47-45-43-41-39-36-25-23-21-19-17-15-13-11-9-7-2/h9,11,15,17-18,20-21,23-24,26,28-29,36,39,43,45,49,51,60,64H,6-8,10,12-14,16,19,22,25,27,30-35,37-38,40-42,44,46-48,50,52-59H2,1-5H3/p+1/b11-9-,17-15-,20-18-,23-21-,26-24-,29-28-,39-36-,45-43-,51-49-. The lowest BCUT2D eigenvalue weighted by atomic mass is 10.0. The van der Waals surface area contributed by atoms with Crippen molar-refractivity contribution < 1.29 is 42.9 Å². The Balaban J connectivity index is 4.29. The molecule has 0 aromatic carbocycles. The van der Waals surface area contributed by atoms with E-state index in [9.17, 15) is 19.5 Å². The molecule has 0 aromatic heterocycles. The highest BCUT2D eigenvalue weighted by Gasteiger charge is 2.25. The maximum Gasteiger partial charge on any atom is 0.361 e. The fourth-order valence-electron chi connectivity index (χ4n) is 7.58. The molecule has 73 heavy (non-hydrogen) atoms. The Bertz CT molecular complexity index is 1560. The SMILES string of the molecule is CC/C=C\C/C=C\C/C=C\C/C=C\C/C=C\C/C=C\CCC(=O)OC(COC(=O)CCCCCCCCCCCCCCCC/C=C\C/C=C\C/C=C\CCCCCCC)COC(OCC[N+](C)(C)C)C(=O)O. The zero-order valence-electron chi connectivity index (χ0n) is 47.3. The van der Waals surface area contributed by atoms with Crippen LogP contribution in [0.15, 0.2) is 109 Å². The van der Waals surface area contributed by atoms with Crippen molar-refractivity contribution in [1.29, 1.82) is 0 Å². The summed E-state index contributed by atoms with van der Waals surface area (Å²) in [6, 6.07) is 0. The number of carboxylic acid groups (broad SMARTS) is 1. The molecule has 0 aliphatic rings. The molecule has 0 saturated heterocycles. The third-order valence-corrected chi connectivity index (χ3v) is 12.0. The molecule has 416 valence electrons. The van der Waals surface area contributed by atoms with Crippen LogP contribution < -0.4 is 0 Å². The number of carboxylic acids is 1. The number of carbonyl (C=O) groups excluding carboxylic acids is 2. The van der Waals surface area contributed by atoms with Crippen LogP contribution in [0.25, 0.3) is 0 Å². The van der Waals surface area contributed by atoms with Crippen LogP contribution in [0, 0.1) is 0 Å². The number of aliphatic carboxylic acids is 1. The van der Waals surface area contributed by atoms with Crippen LogP contribution >= 0.6 is 0 Å². The summed E-state index contributed by atoms with van der Waals surface area (Å²) in [4.78, 5) is 37.4. The Hall–Kier alpha value is -4.05. The number of carbonyl (C=O) groups is 3. The van der Waals surface area contributed by atoms with Gasteiger partial charge in [-0.3, -0.25) is 9.59 Å². The number of hydrogen-bond donors (Lipinski definition) is 1. The molecule has 9 nitrogen and oxygen atoms in total. The summed E-state index contributed by atoms with van der Waals surface area (Å²) in [7, 11) is 5.94. The molecule has 0 amide bonds. The first kappa shape index (κ1) is 69.0. The van der Waals surface area contributed by atoms with E-state index in [-0.39, 0.29) is 38.6 Å². The molecule has 0 aliphatic carbocycles. The average molecular weight is 1020 g/mol. The molecule has 0 fully saturated rings. The second kappa shape index (κ2) is 54.2. The van der Waals surface area contributed by atoms with Crippen molar-refractivity contribution in [2.45, 2.75) is 232 Å². The highest BCUT2D eigenvalue weighted by atomic mass is 16.7. The van der Waals surface area contributed by atoms with Gasteiger partial charge in [-0.05, 0) is 89.9 Å². The molecule has 2 atom stereocenters. The predicted octanol–water partition coefficient (Wildman–Crippen LogP) is 17.1. The van der Waals surface area contributed by atoms with E-state index in [1.807, 2.05) is 33.3 Å². The zero-order valence-corrected chi connectivity index (χ0v) is 47.3. The summed E-state index contributed by atoms with van der Waals surface area (Å²) in [5.41, 5.74) is 0. The number of esters is 2. The Morgan fingerprint density at radius 2 is 0.808 bits per heavy atom. The largest absolute Gasteiger partial charge is 0.477 e. The van der Waals surface area contributed by atoms with Gasteiger partial charge in [-0.2, -0.15) is 0 Å². The minimum atomic E-state index is -1.54. The first-order chi connectivity index (χ1) is 35.6. The maximum absolute atomic E-state index is 12.8. The number of quaternary nitrogens is 1. The Morgan fingerprint density at radius 1 is 0.425 bits per heavy atom. The van der Waals surface area contributed by atoms with Gasteiger partial charge >= 0.3 is 17.9 Å². The van der Waals surface area contributed by atoms with Gasteiger partial charge in [0.2, 0.25) is 0 Å². The van der Waals surface area contributed by atoms with Crippen LogP contribution in [0.1, 0.15) is 219 Å². The van der Waals surface area contributed by atoms with Crippen molar-refractivity contribution in [1.82, 2.24) is 0 Å². The van der Waals surface area contributed by atoms with Crippen LogP contribution in [0.3, 0.4) is 0 Å². The highest BCUT2D eigenvalue weighted by Crippen LogP contribution is 2.15. The normalized spacial score (nSPS) is 13.6. The number of nitrogens with zero attached hydrogens (tertiary/aromatic N) is 1. The van der Waals surface area contributed by atoms with Crippen molar-refractivity contribution in [3.8, 4) is 0 Å². The smallest absolute Gasteiger partial charge is 0.361 e. The monoisotopic (exact) mass is 1020 g/mol. The van der Waals surface area contributed by atoms with E-state index in [0.717, 1.165) is 70.6 Å². The first-order valence-electron chi connectivity index (χ1n) is 29.1. The summed E-state index contributed by atoms with van der Waals surface area (Å²) in [6.07, 6.45) is 71.9. The lowest BCUT2D eigenvalue weighted by Crippen LogP contribution is -2.40. The highest BCUT2D eigenvalue weighted by molar-refractivity contribution is 5.71. The molecular formula is C64H108NO8+. The van der Waals surface area contributed by atoms with Gasteiger partial charge in [0.15, 0.2) is 6.10 Å². The van der Waals surface area contributed by atoms with Gasteiger partial charge in [-0.15, -0.1) is 0 Å². The molecule has 1 N–H and O–H groups in total. The number of allylic oxidation sites excluding steroid dienone is 18. The minimum absolute atomic E-state index is 0.129. The molecule has 0 spiro atoms. The summed E-state index contributed by atoms with van der Waals surface area (Å²) < 4.78 is 22.8. The van der Waals surface area contributed by atoms with Crippen molar-refractivity contribution >= 4 is 17.9 Å². The molecular weight excluding hydrogens is 911 g/mol. The second-order valence-electron chi connectivity index (χ2n) is 20.2. The van der Waals surface area contributed by atoms with Crippen LogP contribution in [-0.4, -0.2) is 87.4 Å². The molecule has 2 unspecified atom stereocenters. The summed E-state index contributed by atoms with van der Waals surface area (Å²) in [5.74, 6) is -2.13. The van der Waals surface area contributed by atoms with Crippen LogP contribution in [0.2, 0.25) is 0 Å². The van der Waals surface area contributed by atoms with Gasteiger partial charge in [-0.1, -0.05) is 226 Å². The van der Waals surface area contributed by atoms with Crippen molar-refractivity contribution in [2.24, 2.45) is 0 Å². The van der Waals surface area contributed by atoms with Crippen LogP contribution in [-0.2, 0) is 33.3 Å². The number of hydrogen-bond acceptors (Lipinski definition) is 7. The van der Waals surface area contributed by atoms with E-state index < -0.39 is 24.3 Å². The van der Waals surface area contributed by atoms with E-state index in [0.29, 0.717) is 17.4 Å². The van der Waals surface area contributed by atoms with Gasteiger partial charge in [0.05, 0.1) is 34.4 Å². The van der Waals surface area contributed by atoms with Crippen LogP contribution in [0.4, 0.5) is 0 Å². The number of rotatable bonds is 52. The van der Waals surface area contributed by atoms with E-state index in [2.05, 4.69) is 111 Å². The molecule has 0 rings (SSSR count). The summed E-state index contributed by atoms with van der Waals surface area (Å²) >= 11 is 0. The molecule has 0 aromatic rings. The van der Waals surface area contributed by atoms with Gasteiger partial charge in [0.25, 0.3) is 6.29 Å². The third-order valence-electron chi connectivity index (χ3n) is 12.0. The molecule has 0 radical (unpaired) electrons. The minimum Gasteiger partial charge on any atom is -0.477 e. The van der Waals surface area contributed by atoms with Crippen molar-refractivity contribution in [3.05, 3.63) is 109 Å². The van der Waals surface area contributed by atoms with E-state index >= 15 is 0 Å². The topological polar surface area (TPSA) is 108 Å². The fourth-order valence-corrected chi connectivity index (χ4v) is 7.58. The molecule has 9 heteroatoms. The van der Waals surface area contributed by atoms with Gasteiger partial charge in [-0.25, -0.2) is 4.79 Å². The van der Waals surface area contributed by atoms with E-state index in [1.54, 1.807) is 0 Å². The van der Waals surface area contributed by atoms with Gasteiger partial charge in [0.1, 0.15) is 13.2 Å². The molecule has 0 aliphatic heterocycles. The second-order valence-corrected chi connectivity index (χ2v) is 20.2. The Labute approximate surface area is 447 Å². The van der Waals surface area contributed by atoms with Crippen molar-refractivity contribution in [3.63, 3.8) is 0 Å². The first-order valence-corrected chi connectivity index (χ1v) is 29.1. The average Bonchev–Trinajstić information content (AvgIpc) is 3.36. The molecule has 0 bridgehead atoms. The van der Waals surface area contributed by atoms with E-state index in [1.165, 1.54) is 116 Å². The number of ether oxygens (including phenoxy) is 4.